The minimum absolute atomic E-state index is 0.0333. The molecule has 146 valence electrons. The Morgan fingerprint density at radius 3 is 2.30 bits per heavy atom. The number of sulfonamides is 1. The van der Waals surface area contributed by atoms with Crippen LogP contribution in [-0.2, 0) is 10.0 Å². The molecule has 2 rings (SSSR count). The lowest BCUT2D eigenvalue weighted by atomic mass is 10.2. The lowest BCUT2D eigenvalue weighted by Gasteiger charge is -2.14. The lowest BCUT2D eigenvalue weighted by molar-refractivity contribution is 0.102. The van der Waals surface area contributed by atoms with E-state index in [2.05, 4.69) is 5.32 Å². The molecule has 2 aromatic rings. The molecule has 0 spiro atoms. The average Bonchev–Trinajstić information content (AvgIpc) is 2.57. The first-order chi connectivity index (χ1) is 12.5. The minimum atomic E-state index is -3.78. The molecule has 9 heteroatoms. The third-order valence-electron chi connectivity index (χ3n) is 3.50. The van der Waals surface area contributed by atoms with Crippen molar-refractivity contribution in [3.05, 3.63) is 52.0 Å². The van der Waals surface area contributed by atoms with Crippen LogP contribution in [0.5, 0.6) is 5.75 Å². The highest BCUT2D eigenvalue weighted by Gasteiger charge is 2.22. The van der Waals surface area contributed by atoms with Gasteiger partial charge in [-0.3, -0.25) is 4.79 Å². The van der Waals surface area contributed by atoms with Crippen LogP contribution in [0.1, 0.15) is 24.2 Å². The fourth-order valence-corrected chi connectivity index (χ4v) is 3.79. The Bertz CT molecular complexity index is 960. The van der Waals surface area contributed by atoms with E-state index in [4.69, 9.17) is 27.9 Å². The van der Waals surface area contributed by atoms with Crippen LogP contribution in [0.2, 0.25) is 10.0 Å². The molecule has 1 amide bonds. The van der Waals surface area contributed by atoms with Crippen LogP contribution >= 0.6 is 23.2 Å². The first-order valence-electron chi connectivity index (χ1n) is 8.02. The zero-order valence-electron chi connectivity index (χ0n) is 15.3. The predicted octanol–water partition coefficient (Wildman–Crippen LogP) is 4.28. The Morgan fingerprint density at radius 2 is 1.74 bits per heavy atom. The molecule has 0 aliphatic heterocycles. The van der Waals surface area contributed by atoms with Crippen molar-refractivity contribution in [1.29, 1.82) is 0 Å². The van der Waals surface area contributed by atoms with Crippen LogP contribution < -0.4 is 10.1 Å². The van der Waals surface area contributed by atoms with Gasteiger partial charge in [-0.15, -0.1) is 0 Å². The number of ether oxygens (including phenoxy) is 1. The van der Waals surface area contributed by atoms with Crippen molar-refractivity contribution in [3.63, 3.8) is 0 Å². The average molecular weight is 431 g/mol. The SMILES string of the molecule is CC(C)Oc1ccc(NC(=O)c2ccc(Cl)c(S(=O)(=O)N(C)C)c2)cc1Cl. The molecule has 2 aromatic carbocycles. The van der Waals surface area contributed by atoms with Crippen molar-refractivity contribution in [3.8, 4) is 5.75 Å². The van der Waals surface area contributed by atoms with E-state index in [1.165, 1.54) is 32.3 Å². The van der Waals surface area contributed by atoms with Gasteiger partial charge in [-0.2, -0.15) is 0 Å². The van der Waals surface area contributed by atoms with Crippen LogP contribution in [0.25, 0.3) is 0 Å². The number of benzene rings is 2. The van der Waals surface area contributed by atoms with E-state index >= 15 is 0 Å². The molecule has 1 N–H and O–H groups in total. The van der Waals surface area contributed by atoms with Gasteiger partial charge in [-0.1, -0.05) is 23.2 Å². The molecule has 27 heavy (non-hydrogen) atoms. The van der Waals surface area contributed by atoms with Crippen molar-refractivity contribution in [2.75, 3.05) is 19.4 Å². The largest absolute Gasteiger partial charge is 0.489 e. The lowest BCUT2D eigenvalue weighted by Crippen LogP contribution is -2.23. The van der Waals surface area contributed by atoms with E-state index in [-0.39, 0.29) is 21.6 Å². The number of nitrogens with one attached hydrogen (secondary N) is 1. The van der Waals surface area contributed by atoms with Gasteiger partial charge in [-0.05, 0) is 50.2 Å². The van der Waals surface area contributed by atoms with E-state index in [0.29, 0.717) is 16.5 Å². The Labute approximate surface area is 169 Å². The topological polar surface area (TPSA) is 75.7 Å². The fraction of sp³-hybridized carbons (Fsp3) is 0.278. The molecule has 6 nitrogen and oxygen atoms in total. The monoisotopic (exact) mass is 430 g/mol. The molecule has 0 radical (unpaired) electrons. The Kier molecular flexibility index (Phi) is 6.75. The van der Waals surface area contributed by atoms with Gasteiger partial charge in [0.2, 0.25) is 10.0 Å². The van der Waals surface area contributed by atoms with Gasteiger partial charge in [0.25, 0.3) is 5.91 Å². The van der Waals surface area contributed by atoms with E-state index < -0.39 is 15.9 Å². The number of nitrogens with zero attached hydrogens (tertiary/aromatic N) is 1. The molecule has 0 saturated carbocycles. The van der Waals surface area contributed by atoms with Crippen LogP contribution in [-0.4, -0.2) is 38.8 Å². The quantitative estimate of drug-likeness (QED) is 0.741. The first-order valence-corrected chi connectivity index (χ1v) is 10.2. The van der Waals surface area contributed by atoms with Crippen molar-refractivity contribution >= 4 is 44.8 Å². The molecule has 0 unspecified atom stereocenters. The predicted molar refractivity (Wildman–Crippen MR) is 107 cm³/mol. The summed E-state index contributed by atoms with van der Waals surface area (Å²) in [6.45, 7) is 3.76. The number of carbonyl (C=O) groups is 1. The normalized spacial score (nSPS) is 11.7. The van der Waals surface area contributed by atoms with Crippen LogP contribution in [0.3, 0.4) is 0 Å². The van der Waals surface area contributed by atoms with Gasteiger partial charge in [0.15, 0.2) is 0 Å². The summed E-state index contributed by atoms with van der Waals surface area (Å²) in [4.78, 5) is 12.4. The van der Waals surface area contributed by atoms with Gasteiger partial charge in [0.05, 0.1) is 16.1 Å². The minimum Gasteiger partial charge on any atom is -0.489 e. The second-order valence-electron chi connectivity index (χ2n) is 6.20. The van der Waals surface area contributed by atoms with Crippen LogP contribution in [0, 0.1) is 0 Å². The van der Waals surface area contributed by atoms with Gasteiger partial charge < -0.3 is 10.1 Å². The van der Waals surface area contributed by atoms with Gasteiger partial charge >= 0.3 is 0 Å². The summed E-state index contributed by atoms with van der Waals surface area (Å²) < 4.78 is 31.2. The number of hydrogen-bond donors (Lipinski definition) is 1. The van der Waals surface area contributed by atoms with E-state index in [1.54, 1.807) is 18.2 Å². The van der Waals surface area contributed by atoms with Crippen molar-refractivity contribution in [2.45, 2.75) is 24.8 Å². The van der Waals surface area contributed by atoms with E-state index in [0.717, 1.165) is 4.31 Å². The van der Waals surface area contributed by atoms with Gasteiger partial charge in [-0.25, -0.2) is 12.7 Å². The molecule has 0 bridgehead atoms. The Hall–Kier alpha value is -1.80. The molecule has 0 fully saturated rings. The summed E-state index contributed by atoms with van der Waals surface area (Å²) in [7, 11) is -0.996. The molecule has 0 aliphatic carbocycles. The van der Waals surface area contributed by atoms with Gasteiger partial charge in [0, 0.05) is 25.3 Å². The van der Waals surface area contributed by atoms with Crippen LogP contribution in [0.4, 0.5) is 5.69 Å². The molecule has 0 heterocycles. The highest BCUT2D eigenvalue weighted by molar-refractivity contribution is 7.89. The summed E-state index contributed by atoms with van der Waals surface area (Å²) in [5, 5.41) is 3.07. The summed E-state index contributed by atoms with van der Waals surface area (Å²) >= 11 is 12.2. The fourth-order valence-electron chi connectivity index (χ4n) is 2.17. The number of halogens is 2. The molecule has 0 atom stereocenters. The maximum Gasteiger partial charge on any atom is 0.255 e. The summed E-state index contributed by atoms with van der Waals surface area (Å²) in [6.07, 6.45) is -0.0333. The molecular weight excluding hydrogens is 411 g/mol. The maximum atomic E-state index is 12.5. The van der Waals surface area contributed by atoms with Crippen LogP contribution in [0.15, 0.2) is 41.3 Å². The van der Waals surface area contributed by atoms with Crippen molar-refractivity contribution in [1.82, 2.24) is 4.31 Å². The standard InChI is InChI=1S/C18H20Cl2N2O4S/c1-11(2)26-16-8-6-13(10-15(16)20)21-18(23)12-5-7-14(19)17(9-12)27(24,25)22(3)4/h5-11H,1-4H3,(H,21,23). The van der Waals surface area contributed by atoms with Crippen molar-refractivity contribution < 1.29 is 17.9 Å². The second-order valence-corrected chi connectivity index (χ2v) is 9.13. The molecule has 0 aromatic heterocycles. The van der Waals surface area contributed by atoms with Gasteiger partial charge in [0.1, 0.15) is 10.6 Å². The highest BCUT2D eigenvalue weighted by Crippen LogP contribution is 2.29. The summed E-state index contributed by atoms with van der Waals surface area (Å²) in [6, 6.07) is 8.93. The number of amides is 1. The number of rotatable bonds is 6. The highest BCUT2D eigenvalue weighted by atomic mass is 35.5. The summed E-state index contributed by atoms with van der Waals surface area (Å²) in [5.74, 6) is 0.0194. The third-order valence-corrected chi connectivity index (χ3v) is 6.10. The van der Waals surface area contributed by atoms with E-state index in [9.17, 15) is 13.2 Å². The zero-order chi connectivity index (χ0) is 20.4. The van der Waals surface area contributed by atoms with Crippen molar-refractivity contribution in [2.24, 2.45) is 0 Å². The first kappa shape index (κ1) is 21.5. The Morgan fingerprint density at radius 1 is 1.07 bits per heavy atom. The molecular formula is C18H20Cl2N2O4S. The number of anilines is 1. The van der Waals surface area contributed by atoms with E-state index in [1.807, 2.05) is 13.8 Å². The zero-order valence-corrected chi connectivity index (χ0v) is 17.6. The molecule has 0 saturated heterocycles. The smallest absolute Gasteiger partial charge is 0.255 e. The Balaban J connectivity index is 2.28. The molecule has 0 aliphatic rings. The summed E-state index contributed by atoms with van der Waals surface area (Å²) in [5.41, 5.74) is 0.603. The second kappa shape index (κ2) is 8.48. The number of carbonyl (C=O) groups excluding carboxylic acids is 1. The third kappa shape index (κ3) is 5.13. The maximum absolute atomic E-state index is 12.5. The number of hydrogen-bond acceptors (Lipinski definition) is 4.